The number of rotatable bonds is 4. The highest BCUT2D eigenvalue weighted by Crippen LogP contribution is 1.90. The summed E-state index contributed by atoms with van der Waals surface area (Å²) in [4.78, 5) is 14.6. The molecule has 0 atom stereocenters. The molecule has 0 fully saturated rings. The van der Waals surface area contributed by atoms with Crippen LogP contribution in [-0.2, 0) is 20.8 Å². The summed E-state index contributed by atoms with van der Waals surface area (Å²) in [5.74, 6) is -0.328. The molecule has 0 aliphatic rings. The van der Waals surface area contributed by atoms with E-state index in [0.717, 1.165) is 0 Å². The van der Waals surface area contributed by atoms with E-state index in [1.165, 1.54) is 18.1 Å². The molecule has 7 nitrogen and oxygen atoms in total. The van der Waals surface area contributed by atoms with Crippen LogP contribution in [0.2, 0.25) is 0 Å². The molecule has 1 aromatic heterocycles. The van der Waals surface area contributed by atoms with Gasteiger partial charge in [0.15, 0.2) is 6.79 Å². The Hall–Kier alpha value is -1.63. The molecule has 0 aliphatic heterocycles. The van der Waals surface area contributed by atoms with Gasteiger partial charge in [-0.3, -0.25) is 0 Å². The van der Waals surface area contributed by atoms with E-state index in [1.54, 1.807) is 0 Å². The lowest BCUT2D eigenvalue weighted by atomic mass is 10.7. The predicted molar refractivity (Wildman–Crippen MR) is 42.4 cm³/mol. The Morgan fingerprint density at radius 3 is 3.08 bits per heavy atom. The van der Waals surface area contributed by atoms with Crippen LogP contribution in [0, 0.1) is 0 Å². The van der Waals surface area contributed by atoms with Gasteiger partial charge in [0.1, 0.15) is 12.9 Å². The highest BCUT2D eigenvalue weighted by molar-refractivity contribution is 5.68. The number of aromatic nitrogens is 3. The second kappa shape index (κ2) is 4.41. The summed E-state index contributed by atoms with van der Waals surface area (Å²) in [6, 6.07) is 0. The second-order valence-corrected chi connectivity index (χ2v) is 2.22. The van der Waals surface area contributed by atoms with Gasteiger partial charge in [0, 0.05) is 7.11 Å². The standard InChI is InChI=1S/C6H10N4O3/c1-12-4-13-5(11)2-10-3-8-6(7)9-10/h3H,2,4H2,1H3,(H2,7,9). The van der Waals surface area contributed by atoms with E-state index in [-0.39, 0.29) is 19.3 Å². The number of esters is 1. The predicted octanol–water partition coefficient (Wildman–Crippen LogP) is -0.993. The van der Waals surface area contributed by atoms with Crippen LogP contribution < -0.4 is 5.73 Å². The minimum absolute atomic E-state index is 0.0203. The quantitative estimate of drug-likeness (QED) is 0.479. The van der Waals surface area contributed by atoms with Crippen molar-refractivity contribution in [3.63, 3.8) is 0 Å². The number of methoxy groups -OCH3 is 1. The van der Waals surface area contributed by atoms with Gasteiger partial charge in [-0.1, -0.05) is 0 Å². The lowest BCUT2D eigenvalue weighted by molar-refractivity contribution is -0.154. The molecule has 1 heterocycles. The van der Waals surface area contributed by atoms with Crippen molar-refractivity contribution in [3.8, 4) is 0 Å². The van der Waals surface area contributed by atoms with Crippen molar-refractivity contribution in [1.82, 2.24) is 14.8 Å². The van der Waals surface area contributed by atoms with Gasteiger partial charge < -0.3 is 15.2 Å². The molecule has 0 saturated carbocycles. The molecule has 0 radical (unpaired) electrons. The number of anilines is 1. The molecule has 0 saturated heterocycles. The first kappa shape index (κ1) is 9.46. The number of nitrogens with two attached hydrogens (primary N) is 1. The molecule has 2 N–H and O–H groups in total. The molecule has 0 aromatic carbocycles. The highest BCUT2D eigenvalue weighted by atomic mass is 16.7. The summed E-state index contributed by atoms with van der Waals surface area (Å²) in [5, 5.41) is 3.70. The zero-order valence-electron chi connectivity index (χ0n) is 7.14. The minimum Gasteiger partial charge on any atom is -0.437 e. The van der Waals surface area contributed by atoms with Gasteiger partial charge >= 0.3 is 5.97 Å². The Labute approximate surface area is 74.4 Å². The second-order valence-electron chi connectivity index (χ2n) is 2.22. The summed E-state index contributed by atoms with van der Waals surface area (Å²) in [5.41, 5.74) is 5.23. The molecule has 0 amide bonds. The average molecular weight is 186 g/mol. The van der Waals surface area contributed by atoms with E-state index in [9.17, 15) is 4.79 Å². The van der Waals surface area contributed by atoms with Crippen LogP contribution in [0.4, 0.5) is 5.95 Å². The van der Waals surface area contributed by atoms with Crippen LogP contribution in [-0.4, -0.2) is 34.6 Å². The molecule has 1 rings (SSSR count). The van der Waals surface area contributed by atoms with Gasteiger partial charge in [0.2, 0.25) is 5.95 Å². The molecule has 72 valence electrons. The van der Waals surface area contributed by atoms with Crippen molar-refractivity contribution in [2.24, 2.45) is 0 Å². The summed E-state index contributed by atoms with van der Waals surface area (Å²) >= 11 is 0. The monoisotopic (exact) mass is 186 g/mol. The fourth-order valence-corrected chi connectivity index (χ4v) is 0.688. The van der Waals surface area contributed by atoms with E-state index < -0.39 is 5.97 Å². The molecule has 0 unspecified atom stereocenters. The zero-order chi connectivity index (χ0) is 9.68. The van der Waals surface area contributed by atoms with Gasteiger partial charge in [-0.15, -0.1) is 5.10 Å². The first-order valence-corrected chi connectivity index (χ1v) is 3.52. The Bertz CT molecular complexity index is 285. The van der Waals surface area contributed by atoms with Crippen LogP contribution >= 0.6 is 0 Å². The number of hydrogen-bond acceptors (Lipinski definition) is 6. The maximum Gasteiger partial charge on any atom is 0.329 e. The summed E-state index contributed by atoms with van der Waals surface area (Å²) in [6.07, 6.45) is 1.35. The van der Waals surface area contributed by atoms with E-state index in [4.69, 9.17) is 5.73 Å². The van der Waals surface area contributed by atoms with Crippen molar-refractivity contribution in [3.05, 3.63) is 6.33 Å². The molecule has 0 spiro atoms. The first-order chi connectivity index (χ1) is 6.22. The number of carbonyl (C=O) groups excluding carboxylic acids is 1. The van der Waals surface area contributed by atoms with E-state index in [2.05, 4.69) is 19.6 Å². The van der Waals surface area contributed by atoms with Crippen LogP contribution in [0.15, 0.2) is 6.33 Å². The number of nitrogens with zero attached hydrogens (tertiary/aromatic N) is 3. The fraction of sp³-hybridized carbons (Fsp3) is 0.500. The number of hydrogen-bond donors (Lipinski definition) is 1. The Morgan fingerprint density at radius 2 is 2.54 bits per heavy atom. The smallest absolute Gasteiger partial charge is 0.329 e. The number of ether oxygens (including phenoxy) is 2. The molecule has 0 aliphatic carbocycles. The Balaban J connectivity index is 2.36. The van der Waals surface area contributed by atoms with Crippen LogP contribution in [0.25, 0.3) is 0 Å². The van der Waals surface area contributed by atoms with Crippen molar-refractivity contribution in [2.75, 3.05) is 19.6 Å². The third-order valence-electron chi connectivity index (χ3n) is 1.18. The van der Waals surface area contributed by atoms with Crippen molar-refractivity contribution >= 4 is 11.9 Å². The van der Waals surface area contributed by atoms with Gasteiger partial charge in [-0.2, -0.15) is 0 Å². The number of nitrogen functional groups attached to an aromatic ring is 1. The fourth-order valence-electron chi connectivity index (χ4n) is 0.688. The third kappa shape index (κ3) is 3.08. The Kier molecular flexibility index (Phi) is 3.21. The SMILES string of the molecule is COCOC(=O)Cn1cnc(N)n1. The lowest BCUT2D eigenvalue weighted by Crippen LogP contribution is -2.15. The first-order valence-electron chi connectivity index (χ1n) is 3.52. The van der Waals surface area contributed by atoms with E-state index in [1.807, 2.05) is 0 Å². The Morgan fingerprint density at radius 1 is 1.77 bits per heavy atom. The molecule has 1 aromatic rings. The average Bonchev–Trinajstić information content (AvgIpc) is 2.48. The molecular formula is C6H10N4O3. The number of carbonyl (C=O) groups is 1. The zero-order valence-corrected chi connectivity index (χ0v) is 7.14. The van der Waals surface area contributed by atoms with E-state index in [0.29, 0.717) is 0 Å². The summed E-state index contributed by atoms with van der Waals surface area (Å²) in [7, 11) is 1.43. The van der Waals surface area contributed by atoms with Crippen molar-refractivity contribution in [1.29, 1.82) is 0 Å². The highest BCUT2D eigenvalue weighted by Gasteiger charge is 2.04. The van der Waals surface area contributed by atoms with Gasteiger partial charge in [-0.05, 0) is 0 Å². The van der Waals surface area contributed by atoms with Gasteiger partial charge in [-0.25, -0.2) is 14.5 Å². The topological polar surface area (TPSA) is 92.3 Å². The molecule has 13 heavy (non-hydrogen) atoms. The van der Waals surface area contributed by atoms with Gasteiger partial charge in [0.25, 0.3) is 0 Å². The van der Waals surface area contributed by atoms with Gasteiger partial charge in [0.05, 0.1) is 0 Å². The molecule has 7 heteroatoms. The molecular weight excluding hydrogens is 176 g/mol. The minimum atomic E-state index is -0.452. The maximum absolute atomic E-state index is 10.9. The summed E-state index contributed by atoms with van der Waals surface area (Å²) in [6.45, 7) is -0.0867. The lowest BCUT2D eigenvalue weighted by Gasteiger charge is -2.01. The van der Waals surface area contributed by atoms with Crippen molar-refractivity contribution < 1.29 is 14.3 Å². The third-order valence-corrected chi connectivity index (χ3v) is 1.18. The maximum atomic E-state index is 10.9. The van der Waals surface area contributed by atoms with Crippen molar-refractivity contribution in [2.45, 2.75) is 6.54 Å². The summed E-state index contributed by atoms with van der Waals surface area (Å²) < 4.78 is 10.4. The van der Waals surface area contributed by atoms with Crippen LogP contribution in [0.1, 0.15) is 0 Å². The van der Waals surface area contributed by atoms with Crippen LogP contribution in [0.5, 0.6) is 0 Å². The largest absolute Gasteiger partial charge is 0.437 e. The van der Waals surface area contributed by atoms with E-state index >= 15 is 0 Å². The molecule has 0 bridgehead atoms. The van der Waals surface area contributed by atoms with Crippen LogP contribution in [0.3, 0.4) is 0 Å². The normalized spacial score (nSPS) is 9.92.